The molecule has 0 amide bonds. The summed E-state index contributed by atoms with van der Waals surface area (Å²) >= 11 is 0. The Morgan fingerprint density at radius 2 is 2.13 bits per heavy atom. The Hall–Kier alpha value is -2.09. The van der Waals surface area contributed by atoms with Crippen molar-refractivity contribution in [1.82, 2.24) is 19.6 Å². The second kappa shape index (κ2) is 6.99. The zero-order valence-corrected chi connectivity index (χ0v) is 12.6. The van der Waals surface area contributed by atoms with E-state index in [-0.39, 0.29) is 0 Å². The molecule has 0 atom stereocenters. The first kappa shape index (κ1) is 15.8. The molecular weight excluding hydrogens is 306 g/mol. The van der Waals surface area contributed by atoms with Crippen molar-refractivity contribution in [3.8, 4) is 0 Å². The third-order valence-corrected chi connectivity index (χ3v) is 4.16. The Morgan fingerprint density at radius 1 is 1.35 bits per heavy atom. The second-order valence-electron chi connectivity index (χ2n) is 5.80. The largest absolute Gasteiger partial charge is 0.360 e. The van der Waals surface area contributed by atoms with Gasteiger partial charge in [0.15, 0.2) is 5.76 Å². The summed E-state index contributed by atoms with van der Waals surface area (Å²) in [5.41, 5.74) is -0.882. The second-order valence-corrected chi connectivity index (χ2v) is 5.80. The molecule has 0 bridgehead atoms. The molecule has 3 heterocycles. The lowest BCUT2D eigenvalue weighted by atomic mass is 9.96. The quantitative estimate of drug-likeness (QED) is 0.842. The highest BCUT2D eigenvalue weighted by atomic mass is 19.3. The van der Waals surface area contributed by atoms with E-state index in [1.807, 2.05) is 6.07 Å². The minimum Gasteiger partial charge on any atom is -0.360 e. The van der Waals surface area contributed by atoms with Crippen LogP contribution in [0.2, 0.25) is 0 Å². The topological polar surface area (TPSA) is 64.2 Å². The normalized spacial score (nSPS) is 17.0. The molecule has 6 nitrogen and oxygen atoms in total. The molecule has 8 heteroatoms. The fourth-order valence-electron chi connectivity index (χ4n) is 2.85. The molecule has 0 radical (unpaired) electrons. The number of hydrogen-bond donors (Lipinski definition) is 0. The maximum absolute atomic E-state index is 12.5. The van der Waals surface area contributed by atoms with Gasteiger partial charge in [-0.25, -0.2) is 13.8 Å². The molecule has 1 saturated heterocycles. The van der Waals surface area contributed by atoms with Gasteiger partial charge in [-0.3, -0.25) is 14.3 Å². The Bertz CT molecular complexity index is 679. The van der Waals surface area contributed by atoms with Crippen LogP contribution in [0.1, 0.15) is 30.7 Å². The zero-order chi connectivity index (χ0) is 16.2. The number of halogens is 2. The van der Waals surface area contributed by atoms with Gasteiger partial charge in [0.2, 0.25) is 0 Å². The van der Waals surface area contributed by atoms with Crippen LogP contribution >= 0.6 is 0 Å². The van der Waals surface area contributed by atoms with Crippen molar-refractivity contribution in [2.75, 3.05) is 13.1 Å². The summed E-state index contributed by atoms with van der Waals surface area (Å²) < 4.78 is 31.5. The van der Waals surface area contributed by atoms with Gasteiger partial charge in [-0.2, -0.15) is 0 Å². The molecule has 0 aromatic carbocycles. The van der Waals surface area contributed by atoms with Gasteiger partial charge >= 0.3 is 0 Å². The molecule has 0 aliphatic carbocycles. The highest BCUT2D eigenvalue weighted by Gasteiger charge is 2.21. The van der Waals surface area contributed by atoms with Gasteiger partial charge < -0.3 is 4.52 Å². The molecule has 2 aromatic rings. The van der Waals surface area contributed by atoms with E-state index in [1.165, 1.54) is 10.9 Å². The van der Waals surface area contributed by atoms with E-state index in [0.717, 1.165) is 44.3 Å². The Morgan fingerprint density at radius 3 is 2.74 bits per heavy atom. The number of likely N-dealkylation sites (tertiary alicyclic amines) is 1. The van der Waals surface area contributed by atoms with Crippen molar-refractivity contribution in [3.63, 3.8) is 0 Å². The monoisotopic (exact) mass is 324 g/mol. The number of piperidine rings is 1. The van der Waals surface area contributed by atoms with Gasteiger partial charge in [0.25, 0.3) is 12.0 Å². The molecule has 3 rings (SSSR count). The van der Waals surface area contributed by atoms with E-state index < -0.39 is 17.7 Å². The average molecular weight is 324 g/mol. The molecule has 2 aromatic heterocycles. The van der Waals surface area contributed by atoms with Crippen molar-refractivity contribution >= 4 is 0 Å². The van der Waals surface area contributed by atoms with E-state index in [4.69, 9.17) is 4.52 Å². The Kier molecular flexibility index (Phi) is 4.80. The molecule has 1 aliphatic rings. The fraction of sp³-hybridized carbons (Fsp3) is 0.533. The molecule has 0 unspecified atom stereocenters. The van der Waals surface area contributed by atoms with Gasteiger partial charge in [-0.1, -0.05) is 5.16 Å². The molecule has 0 saturated carbocycles. The van der Waals surface area contributed by atoms with Crippen molar-refractivity contribution < 1.29 is 13.3 Å². The Labute approximate surface area is 131 Å². The maximum Gasteiger partial charge on any atom is 0.280 e. The van der Waals surface area contributed by atoms with E-state index in [9.17, 15) is 13.6 Å². The first-order chi connectivity index (χ1) is 11.1. The lowest BCUT2D eigenvalue weighted by Crippen LogP contribution is -2.36. The van der Waals surface area contributed by atoms with E-state index >= 15 is 0 Å². The summed E-state index contributed by atoms with van der Waals surface area (Å²) in [6.07, 6.45) is 2.03. The molecule has 0 N–H and O–H groups in total. The van der Waals surface area contributed by atoms with Crippen molar-refractivity contribution in [1.29, 1.82) is 0 Å². The van der Waals surface area contributed by atoms with Crippen LogP contribution in [0.4, 0.5) is 8.78 Å². The molecular formula is C15H18F2N4O2. The van der Waals surface area contributed by atoms with Gasteiger partial charge in [-0.05, 0) is 31.8 Å². The molecule has 124 valence electrons. The zero-order valence-electron chi connectivity index (χ0n) is 12.6. The van der Waals surface area contributed by atoms with Crippen LogP contribution in [-0.2, 0) is 13.1 Å². The lowest BCUT2D eigenvalue weighted by Gasteiger charge is -2.31. The van der Waals surface area contributed by atoms with Crippen molar-refractivity contribution in [2.24, 2.45) is 5.92 Å². The number of alkyl halides is 2. The summed E-state index contributed by atoms with van der Waals surface area (Å²) in [6.45, 7) is 3.06. The van der Waals surface area contributed by atoms with E-state index in [2.05, 4.69) is 15.0 Å². The standard InChI is InChI=1S/C15H18F2N4O2/c16-15(17)13-7-14(22)21(10-18-13)8-11-2-5-20(6-3-11)9-12-1-4-19-23-12/h1,4,7,10-11,15H,2-3,5-6,8-9H2. The average Bonchev–Trinajstić information content (AvgIpc) is 3.04. The maximum atomic E-state index is 12.5. The van der Waals surface area contributed by atoms with Crippen LogP contribution in [0, 0.1) is 5.92 Å². The predicted octanol–water partition coefficient (Wildman–Crippen LogP) is 2.08. The number of rotatable bonds is 5. The molecule has 0 spiro atoms. The summed E-state index contributed by atoms with van der Waals surface area (Å²) in [4.78, 5) is 17.8. The molecule has 23 heavy (non-hydrogen) atoms. The first-order valence-corrected chi connectivity index (χ1v) is 7.58. The fourth-order valence-corrected chi connectivity index (χ4v) is 2.85. The predicted molar refractivity (Wildman–Crippen MR) is 78.0 cm³/mol. The number of aromatic nitrogens is 3. The van der Waals surface area contributed by atoms with Crippen LogP contribution in [0.5, 0.6) is 0 Å². The molecule has 1 fully saturated rings. The highest BCUT2D eigenvalue weighted by Crippen LogP contribution is 2.20. The van der Waals surface area contributed by atoms with Crippen molar-refractivity contribution in [3.05, 3.63) is 46.5 Å². The molecule has 1 aliphatic heterocycles. The van der Waals surface area contributed by atoms with Gasteiger partial charge in [0, 0.05) is 18.7 Å². The number of nitrogens with zero attached hydrogens (tertiary/aromatic N) is 4. The number of hydrogen-bond acceptors (Lipinski definition) is 5. The van der Waals surface area contributed by atoms with Crippen LogP contribution < -0.4 is 5.56 Å². The van der Waals surface area contributed by atoms with Gasteiger partial charge in [0.1, 0.15) is 5.69 Å². The minimum atomic E-state index is -2.71. The summed E-state index contributed by atoms with van der Waals surface area (Å²) in [5.74, 6) is 1.18. The van der Waals surface area contributed by atoms with Crippen molar-refractivity contribution in [2.45, 2.75) is 32.4 Å². The summed E-state index contributed by atoms with van der Waals surface area (Å²) in [6, 6.07) is 2.77. The summed E-state index contributed by atoms with van der Waals surface area (Å²) in [7, 11) is 0. The van der Waals surface area contributed by atoms with Gasteiger partial charge in [0.05, 0.1) is 19.1 Å². The smallest absolute Gasteiger partial charge is 0.280 e. The van der Waals surface area contributed by atoms with Gasteiger partial charge in [-0.15, -0.1) is 0 Å². The third-order valence-electron chi connectivity index (χ3n) is 4.16. The highest BCUT2D eigenvalue weighted by molar-refractivity contribution is 5.01. The first-order valence-electron chi connectivity index (χ1n) is 7.58. The Balaban J connectivity index is 1.53. The van der Waals surface area contributed by atoms with E-state index in [1.54, 1.807) is 6.20 Å². The SMILES string of the molecule is O=c1cc(C(F)F)ncn1CC1CCN(Cc2ccno2)CC1. The minimum absolute atomic E-state index is 0.345. The van der Waals surface area contributed by atoms with Crippen LogP contribution in [-0.4, -0.2) is 32.7 Å². The summed E-state index contributed by atoms with van der Waals surface area (Å²) in [5, 5.41) is 3.69. The third kappa shape index (κ3) is 4.01. The van der Waals surface area contributed by atoms with Crippen LogP contribution in [0.3, 0.4) is 0 Å². The van der Waals surface area contributed by atoms with Crippen LogP contribution in [0.15, 0.2) is 34.0 Å². The lowest BCUT2D eigenvalue weighted by molar-refractivity contribution is 0.144. The van der Waals surface area contributed by atoms with Crippen LogP contribution in [0.25, 0.3) is 0 Å². The van der Waals surface area contributed by atoms with E-state index in [0.29, 0.717) is 12.5 Å².